The standard InChI is InChI=1S/C22H36F2N6O/c1-4-25-22(26-15-17(2)29-13-11-28(3)12-14-29)27-18-9-10-30(16-18)19-7-5-6-8-20(19)31-21(23)24/h5-8,17-18,21H,4,9-16H2,1-3H3,(H2,25,26,27). The van der Waals surface area contributed by atoms with Gasteiger partial charge in [-0.25, -0.2) is 0 Å². The van der Waals surface area contributed by atoms with Gasteiger partial charge >= 0.3 is 6.61 Å². The highest BCUT2D eigenvalue weighted by atomic mass is 19.3. The number of benzene rings is 1. The van der Waals surface area contributed by atoms with Gasteiger partial charge in [-0.15, -0.1) is 0 Å². The summed E-state index contributed by atoms with van der Waals surface area (Å²) in [6.45, 7) is 8.82. The number of halogens is 2. The Balaban J connectivity index is 1.55. The van der Waals surface area contributed by atoms with E-state index >= 15 is 0 Å². The average molecular weight is 439 g/mol. The number of rotatable bonds is 8. The number of piperazine rings is 1. The van der Waals surface area contributed by atoms with Crippen molar-refractivity contribution in [2.45, 2.75) is 39.0 Å². The molecule has 0 radical (unpaired) electrons. The third-order valence-electron chi connectivity index (χ3n) is 5.97. The molecule has 2 aliphatic rings. The topological polar surface area (TPSA) is 55.4 Å². The largest absolute Gasteiger partial charge is 0.433 e. The molecule has 31 heavy (non-hydrogen) atoms. The fraction of sp³-hybridized carbons (Fsp3) is 0.682. The molecule has 0 amide bonds. The van der Waals surface area contributed by atoms with Crippen molar-refractivity contribution in [3.8, 4) is 5.75 Å². The molecule has 0 bridgehead atoms. The summed E-state index contributed by atoms with van der Waals surface area (Å²) in [6.07, 6.45) is 0.904. The summed E-state index contributed by atoms with van der Waals surface area (Å²) in [6, 6.07) is 7.56. The number of para-hydroxylation sites is 2. The highest BCUT2D eigenvalue weighted by molar-refractivity contribution is 5.80. The third-order valence-corrected chi connectivity index (χ3v) is 5.97. The van der Waals surface area contributed by atoms with Gasteiger partial charge in [-0.3, -0.25) is 9.89 Å². The smallest absolute Gasteiger partial charge is 0.387 e. The van der Waals surface area contributed by atoms with Crippen LogP contribution in [0.1, 0.15) is 20.3 Å². The fourth-order valence-corrected chi connectivity index (χ4v) is 4.13. The van der Waals surface area contributed by atoms with Gasteiger partial charge in [0.15, 0.2) is 5.96 Å². The van der Waals surface area contributed by atoms with E-state index in [9.17, 15) is 8.78 Å². The number of nitrogens with zero attached hydrogens (tertiary/aromatic N) is 4. The van der Waals surface area contributed by atoms with Crippen LogP contribution in [-0.2, 0) is 0 Å². The SMILES string of the molecule is CCNC(=NCC(C)N1CCN(C)CC1)NC1CCN(c2ccccc2OC(F)F)C1. The quantitative estimate of drug-likeness (QED) is 0.479. The Kier molecular flexibility index (Phi) is 8.71. The molecule has 0 spiro atoms. The Labute approximate surface area is 184 Å². The molecule has 1 aromatic carbocycles. The lowest BCUT2D eigenvalue weighted by Gasteiger charge is -2.36. The second kappa shape index (κ2) is 11.5. The Hall–Kier alpha value is -2.13. The van der Waals surface area contributed by atoms with Crippen LogP contribution in [0.25, 0.3) is 0 Å². The van der Waals surface area contributed by atoms with Gasteiger partial charge in [-0.2, -0.15) is 8.78 Å². The zero-order valence-electron chi connectivity index (χ0n) is 18.9. The maximum absolute atomic E-state index is 12.7. The van der Waals surface area contributed by atoms with Crippen molar-refractivity contribution < 1.29 is 13.5 Å². The summed E-state index contributed by atoms with van der Waals surface area (Å²) in [5, 5.41) is 6.86. The number of guanidine groups is 1. The van der Waals surface area contributed by atoms with Crippen LogP contribution < -0.4 is 20.3 Å². The minimum Gasteiger partial charge on any atom is -0.433 e. The van der Waals surface area contributed by atoms with Gasteiger partial charge in [0.05, 0.1) is 12.2 Å². The monoisotopic (exact) mass is 438 g/mol. The van der Waals surface area contributed by atoms with E-state index in [2.05, 4.69) is 46.2 Å². The van der Waals surface area contributed by atoms with E-state index in [0.717, 1.165) is 58.2 Å². The molecule has 2 saturated heterocycles. The first-order chi connectivity index (χ1) is 15.0. The van der Waals surface area contributed by atoms with Crippen molar-refractivity contribution in [1.82, 2.24) is 20.4 Å². The molecule has 0 aliphatic carbocycles. The van der Waals surface area contributed by atoms with Gasteiger partial charge in [-0.1, -0.05) is 12.1 Å². The van der Waals surface area contributed by atoms with Crippen LogP contribution in [0.4, 0.5) is 14.5 Å². The minimum absolute atomic E-state index is 0.191. The average Bonchev–Trinajstić information content (AvgIpc) is 3.21. The van der Waals surface area contributed by atoms with Crippen molar-refractivity contribution in [3.05, 3.63) is 24.3 Å². The minimum atomic E-state index is -2.83. The van der Waals surface area contributed by atoms with Crippen LogP contribution in [0.15, 0.2) is 29.3 Å². The Bertz CT molecular complexity index is 711. The van der Waals surface area contributed by atoms with Crippen LogP contribution >= 0.6 is 0 Å². The lowest BCUT2D eigenvalue weighted by atomic mass is 10.2. The molecule has 1 aromatic rings. The van der Waals surface area contributed by atoms with E-state index in [0.29, 0.717) is 18.3 Å². The molecule has 2 heterocycles. The van der Waals surface area contributed by atoms with E-state index in [1.807, 2.05) is 12.1 Å². The van der Waals surface area contributed by atoms with Gasteiger partial charge < -0.3 is 25.2 Å². The summed E-state index contributed by atoms with van der Waals surface area (Å²) >= 11 is 0. The highest BCUT2D eigenvalue weighted by Crippen LogP contribution is 2.31. The maximum atomic E-state index is 12.7. The van der Waals surface area contributed by atoms with Crippen molar-refractivity contribution in [2.75, 3.05) is 64.3 Å². The molecular weight excluding hydrogens is 402 g/mol. The van der Waals surface area contributed by atoms with Crippen LogP contribution in [0.3, 0.4) is 0 Å². The zero-order valence-corrected chi connectivity index (χ0v) is 18.9. The predicted molar refractivity (Wildman–Crippen MR) is 121 cm³/mol. The number of likely N-dealkylation sites (N-methyl/N-ethyl adjacent to an activating group) is 1. The van der Waals surface area contributed by atoms with Crippen LogP contribution in [0.2, 0.25) is 0 Å². The van der Waals surface area contributed by atoms with Crippen LogP contribution in [0.5, 0.6) is 5.75 Å². The molecule has 3 rings (SSSR count). The van der Waals surface area contributed by atoms with Gasteiger partial charge in [0, 0.05) is 57.9 Å². The molecule has 2 unspecified atom stereocenters. The highest BCUT2D eigenvalue weighted by Gasteiger charge is 2.26. The lowest BCUT2D eigenvalue weighted by molar-refractivity contribution is -0.0495. The van der Waals surface area contributed by atoms with E-state index in [4.69, 9.17) is 9.73 Å². The molecule has 2 N–H and O–H groups in total. The normalized spacial score (nSPS) is 22.1. The third kappa shape index (κ3) is 6.93. The molecular formula is C22H36F2N6O. The van der Waals surface area contributed by atoms with E-state index in [1.54, 1.807) is 12.1 Å². The maximum Gasteiger partial charge on any atom is 0.387 e. The summed E-state index contributed by atoms with van der Waals surface area (Å²) in [7, 11) is 2.16. The van der Waals surface area contributed by atoms with Crippen LogP contribution in [-0.4, -0.2) is 93.9 Å². The van der Waals surface area contributed by atoms with Gasteiger partial charge in [0.25, 0.3) is 0 Å². The summed E-state index contributed by atoms with van der Waals surface area (Å²) in [5.41, 5.74) is 0.706. The second-order valence-electron chi connectivity index (χ2n) is 8.33. The number of ether oxygens (including phenoxy) is 1. The van der Waals surface area contributed by atoms with Crippen molar-refractivity contribution >= 4 is 11.6 Å². The molecule has 9 heteroatoms. The Morgan fingerprint density at radius 2 is 1.94 bits per heavy atom. The van der Waals surface area contributed by atoms with E-state index in [-0.39, 0.29) is 11.8 Å². The summed E-state index contributed by atoms with van der Waals surface area (Å²) in [5.74, 6) is 1.03. The van der Waals surface area contributed by atoms with Crippen molar-refractivity contribution in [2.24, 2.45) is 4.99 Å². The molecule has 2 aliphatic heterocycles. The van der Waals surface area contributed by atoms with Crippen LogP contribution in [0, 0.1) is 0 Å². The zero-order chi connectivity index (χ0) is 22.2. The Morgan fingerprint density at radius 3 is 2.65 bits per heavy atom. The van der Waals surface area contributed by atoms with Gasteiger partial charge in [0.2, 0.25) is 0 Å². The first-order valence-corrected chi connectivity index (χ1v) is 11.2. The van der Waals surface area contributed by atoms with Crippen molar-refractivity contribution in [1.29, 1.82) is 0 Å². The first kappa shape index (κ1) is 23.5. The summed E-state index contributed by atoms with van der Waals surface area (Å²) in [4.78, 5) is 11.8. The number of hydrogen-bond donors (Lipinski definition) is 2. The molecule has 0 saturated carbocycles. The number of anilines is 1. The first-order valence-electron chi connectivity index (χ1n) is 11.2. The van der Waals surface area contributed by atoms with Gasteiger partial charge in [-0.05, 0) is 39.4 Å². The lowest BCUT2D eigenvalue weighted by Crippen LogP contribution is -2.49. The number of hydrogen-bond acceptors (Lipinski definition) is 5. The number of nitrogens with one attached hydrogen (secondary N) is 2. The molecule has 0 aromatic heterocycles. The molecule has 2 fully saturated rings. The van der Waals surface area contributed by atoms with E-state index < -0.39 is 6.61 Å². The fourth-order valence-electron chi connectivity index (χ4n) is 4.13. The number of aliphatic imine (C=N–C) groups is 1. The van der Waals surface area contributed by atoms with E-state index in [1.165, 1.54) is 0 Å². The second-order valence-corrected chi connectivity index (χ2v) is 8.33. The Morgan fingerprint density at radius 1 is 1.19 bits per heavy atom. The summed E-state index contributed by atoms with van der Waals surface area (Å²) < 4.78 is 30.2. The molecule has 2 atom stereocenters. The van der Waals surface area contributed by atoms with Gasteiger partial charge in [0.1, 0.15) is 5.75 Å². The number of alkyl halides is 2. The predicted octanol–water partition coefficient (Wildman–Crippen LogP) is 2.06. The molecule has 174 valence electrons. The van der Waals surface area contributed by atoms with Crippen molar-refractivity contribution in [3.63, 3.8) is 0 Å². The molecule has 7 nitrogen and oxygen atoms in total.